The van der Waals surface area contributed by atoms with Gasteiger partial charge in [-0.1, -0.05) is 0 Å². The highest BCUT2D eigenvalue weighted by molar-refractivity contribution is 5.93. The van der Waals surface area contributed by atoms with E-state index in [0.717, 1.165) is 0 Å². The molecule has 2 amide bonds. The summed E-state index contributed by atoms with van der Waals surface area (Å²) in [6.07, 6.45) is -0.569. The number of piperidine rings is 1. The van der Waals surface area contributed by atoms with Gasteiger partial charge in [0.1, 0.15) is 5.60 Å². The number of carboxylic acids is 1. The standard InChI is InChI=1S/C16H26N2O6/c1-10(19)11(12(20)21)18-9-16(13(18)22)5-7-17(8-6-16)14(23)24-15(2,3)4/h10-11,19H,5-9H2,1-4H3,(H,20,21)/t10-,11+/m1/s1. The van der Waals surface area contributed by atoms with Crippen LogP contribution in [0.1, 0.15) is 40.5 Å². The molecule has 1 spiro atoms. The maximum atomic E-state index is 12.5. The lowest BCUT2D eigenvalue weighted by molar-refractivity contribution is -0.181. The first-order valence-corrected chi connectivity index (χ1v) is 8.17. The molecule has 0 unspecified atom stereocenters. The Morgan fingerprint density at radius 2 is 1.79 bits per heavy atom. The predicted molar refractivity (Wildman–Crippen MR) is 84.3 cm³/mol. The lowest BCUT2D eigenvalue weighted by Gasteiger charge is -2.54. The number of carbonyl (C=O) groups excluding carboxylic acids is 2. The first-order chi connectivity index (χ1) is 11.0. The van der Waals surface area contributed by atoms with Crippen molar-refractivity contribution in [3.63, 3.8) is 0 Å². The SMILES string of the molecule is C[C@@H](O)[C@@H](C(=O)O)N1CC2(CCN(C(=O)OC(C)(C)C)CC2)C1=O. The summed E-state index contributed by atoms with van der Waals surface area (Å²) < 4.78 is 5.33. The molecule has 0 aromatic rings. The Bertz CT molecular complexity index is 531. The summed E-state index contributed by atoms with van der Waals surface area (Å²) in [7, 11) is 0. The molecular formula is C16H26N2O6. The van der Waals surface area contributed by atoms with E-state index in [0.29, 0.717) is 32.5 Å². The van der Waals surface area contributed by atoms with Gasteiger partial charge >= 0.3 is 12.1 Å². The predicted octanol–water partition coefficient (Wildman–Crippen LogP) is 0.680. The quantitative estimate of drug-likeness (QED) is 0.730. The fourth-order valence-electron chi connectivity index (χ4n) is 3.32. The maximum absolute atomic E-state index is 12.5. The number of hydrogen-bond acceptors (Lipinski definition) is 5. The van der Waals surface area contributed by atoms with Crippen molar-refractivity contribution in [2.24, 2.45) is 5.41 Å². The highest BCUT2D eigenvalue weighted by Crippen LogP contribution is 2.43. The number of aliphatic carboxylic acids is 1. The van der Waals surface area contributed by atoms with Crippen LogP contribution >= 0.6 is 0 Å². The zero-order valence-electron chi connectivity index (χ0n) is 14.6. The summed E-state index contributed by atoms with van der Waals surface area (Å²) >= 11 is 0. The molecule has 24 heavy (non-hydrogen) atoms. The second-order valence-corrected chi connectivity index (χ2v) is 7.70. The molecule has 0 aromatic carbocycles. The molecule has 2 saturated heterocycles. The normalized spacial score (nSPS) is 22.8. The van der Waals surface area contributed by atoms with Gasteiger partial charge in [-0.3, -0.25) is 4.79 Å². The van der Waals surface area contributed by atoms with Crippen molar-refractivity contribution < 1.29 is 29.3 Å². The molecule has 8 heteroatoms. The van der Waals surface area contributed by atoms with Gasteiger partial charge in [0.2, 0.25) is 5.91 Å². The van der Waals surface area contributed by atoms with Crippen LogP contribution in [0.25, 0.3) is 0 Å². The lowest BCUT2D eigenvalue weighted by atomic mass is 9.70. The number of likely N-dealkylation sites (tertiary alicyclic amines) is 2. The summed E-state index contributed by atoms with van der Waals surface area (Å²) in [5, 5.41) is 18.8. The van der Waals surface area contributed by atoms with Crippen LogP contribution in [0.15, 0.2) is 0 Å². The average molecular weight is 342 g/mol. The minimum atomic E-state index is -1.22. The Morgan fingerprint density at radius 3 is 2.17 bits per heavy atom. The van der Waals surface area contributed by atoms with Gasteiger partial charge in [0.15, 0.2) is 6.04 Å². The Balaban J connectivity index is 1.95. The Kier molecular flexibility index (Phi) is 4.81. The molecule has 136 valence electrons. The average Bonchev–Trinajstić information content (AvgIpc) is 2.44. The zero-order chi connectivity index (χ0) is 18.3. The van der Waals surface area contributed by atoms with E-state index in [2.05, 4.69) is 0 Å². The summed E-state index contributed by atoms with van der Waals surface area (Å²) in [5.41, 5.74) is -1.18. The van der Waals surface area contributed by atoms with Crippen LogP contribution in [0.4, 0.5) is 4.79 Å². The third-order valence-corrected chi connectivity index (χ3v) is 4.61. The van der Waals surface area contributed by atoms with Crippen LogP contribution in [0.3, 0.4) is 0 Å². The fraction of sp³-hybridized carbons (Fsp3) is 0.812. The number of carbonyl (C=O) groups is 3. The van der Waals surface area contributed by atoms with Gasteiger partial charge < -0.3 is 24.7 Å². The van der Waals surface area contributed by atoms with Crippen LogP contribution < -0.4 is 0 Å². The second kappa shape index (κ2) is 6.23. The number of carboxylic acid groups (broad SMARTS) is 1. The summed E-state index contributed by atoms with van der Waals surface area (Å²) in [6.45, 7) is 7.86. The van der Waals surface area contributed by atoms with Crippen LogP contribution in [0.5, 0.6) is 0 Å². The van der Waals surface area contributed by atoms with E-state index in [1.807, 2.05) is 0 Å². The van der Waals surface area contributed by atoms with Crippen molar-refractivity contribution in [1.82, 2.24) is 9.80 Å². The van der Waals surface area contributed by atoms with Gasteiger partial charge in [-0.05, 0) is 40.5 Å². The Hall–Kier alpha value is -1.83. The molecule has 0 aromatic heterocycles. The van der Waals surface area contributed by atoms with E-state index in [9.17, 15) is 24.6 Å². The third kappa shape index (κ3) is 3.48. The fourth-order valence-corrected chi connectivity index (χ4v) is 3.32. The van der Waals surface area contributed by atoms with Crippen molar-refractivity contribution in [3.05, 3.63) is 0 Å². The van der Waals surface area contributed by atoms with Crippen LogP contribution in [-0.2, 0) is 14.3 Å². The summed E-state index contributed by atoms with van der Waals surface area (Å²) in [6, 6.07) is -1.22. The molecule has 0 aliphatic carbocycles. The number of hydrogen-bond donors (Lipinski definition) is 2. The minimum Gasteiger partial charge on any atom is -0.480 e. The van der Waals surface area contributed by atoms with E-state index in [1.165, 1.54) is 11.8 Å². The van der Waals surface area contributed by atoms with Gasteiger partial charge in [-0.15, -0.1) is 0 Å². The monoisotopic (exact) mass is 342 g/mol. The van der Waals surface area contributed by atoms with Crippen molar-refractivity contribution >= 4 is 18.0 Å². The van der Waals surface area contributed by atoms with Crippen molar-refractivity contribution in [2.45, 2.75) is 58.3 Å². The van der Waals surface area contributed by atoms with Crippen LogP contribution in [-0.4, -0.2) is 75.4 Å². The summed E-state index contributed by atoms with van der Waals surface area (Å²) in [5.74, 6) is -1.46. The molecule has 2 rings (SSSR count). The van der Waals surface area contributed by atoms with E-state index < -0.39 is 35.2 Å². The van der Waals surface area contributed by atoms with Crippen molar-refractivity contribution in [1.29, 1.82) is 0 Å². The van der Waals surface area contributed by atoms with Crippen LogP contribution in [0, 0.1) is 5.41 Å². The number of aliphatic hydroxyl groups is 1. The van der Waals surface area contributed by atoms with E-state index >= 15 is 0 Å². The highest BCUT2D eigenvalue weighted by atomic mass is 16.6. The molecule has 2 aliphatic rings. The molecule has 0 saturated carbocycles. The van der Waals surface area contributed by atoms with Gasteiger partial charge in [-0.25, -0.2) is 9.59 Å². The topological polar surface area (TPSA) is 107 Å². The molecular weight excluding hydrogens is 316 g/mol. The molecule has 8 nitrogen and oxygen atoms in total. The lowest BCUT2D eigenvalue weighted by Crippen LogP contribution is -2.70. The number of amides is 2. The molecule has 2 N–H and O–H groups in total. The largest absolute Gasteiger partial charge is 0.480 e. The minimum absolute atomic E-state index is 0.250. The Labute approximate surface area is 141 Å². The van der Waals surface area contributed by atoms with Gasteiger partial charge in [0.25, 0.3) is 0 Å². The van der Waals surface area contributed by atoms with E-state index in [-0.39, 0.29) is 5.91 Å². The van der Waals surface area contributed by atoms with Crippen molar-refractivity contribution in [3.8, 4) is 0 Å². The highest BCUT2D eigenvalue weighted by Gasteiger charge is 2.57. The number of β-lactam (4-membered cyclic amide) rings is 1. The molecule has 2 atom stereocenters. The molecule has 2 heterocycles. The first kappa shape index (κ1) is 18.5. The second-order valence-electron chi connectivity index (χ2n) is 7.70. The molecule has 0 bridgehead atoms. The third-order valence-electron chi connectivity index (χ3n) is 4.61. The van der Waals surface area contributed by atoms with Crippen molar-refractivity contribution in [2.75, 3.05) is 19.6 Å². The number of nitrogens with zero attached hydrogens (tertiary/aromatic N) is 2. The van der Waals surface area contributed by atoms with E-state index in [4.69, 9.17) is 4.74 Å². The number of rotatable bonds is 3. The smallest absolute Gasteiger partial charge is 0.410 e. The molecule has 2 fully saturated rings. The Morgan fingerprint density at radius 1 is 1.25 bits per heavy atom. The van der Waals surface area contributed by atoms with Crippen LogP contribution in [0.2, 0.25) is 0 Å². The maximum Gasteiger partial charge on any atom is 0.410 e. The zero-order valence-corrected chi connectivity index (χ0v) is 14.6. The van der Waals surface area contributed by atoms with Gasteiger partial charge in [0, 0.05) is 19.6 Å². The number of ether oxygens (including phenoxy) is 1. The summed E-state index contributed by atoms with van der Waals surface area (Å²) in [4.78, 5) is 38.6. The van der Waals surface area contributed by atoms with E-state index in [1.54, 1.807) is 25.7 Å². The van der Waals surface area contributed by atoms with Gasteiger partial charge in [0.05, 0.1) is 11.5 Å². The molecule has 2 aliphatic heterocycles. The number of aliphatic hydroxyl groups excluding tert-OH is 1. The first-order valence-electron chi connectivity index (χ1n) is 8.17. The van der Waals surface area contributed by atoms with Gasteiger partial charge in [-0.2, -0.15) is 0 Å². The molecule has 0 radical (unpaired) electrons.